The first-order valence-corrected chi connectivity index (χ1v) is 9.37. The number of halogens is 1. The lowest BCUT2D eigenvalue weighted by atomic mass is 9.97. The van der Waals surface area contributed by atoms with Gasteiger partial charge in [0.25, 0.3) is 9.05 Å². The largest absolute Gasteiger partial charge is 0.459 e. The highest BCUT2D eigenvalue weighted by Crippen LogP contribution is 2.26. The van der Waals surface area contributed by atoms with Gasteiger partial charge in [-0.2, -0.15) is 0 Å². The highest BCUT2D eigenvalue weighted by molar-refractivity contribution is 8.13. The Morgan fingerprint density at radius 2 is 1.76 bits per heavy atom. The molecule has 0 unspecified atom stereocenters. The van der Waals surface area contributed by atoms with Gasteiger partial charge >= 0.3 is 5.97 Å². The molecule has 0 N–H and O–H groups in total. The zero-order chi connectivity index (χ0) is 15.6. The zero-order valence-corrected chi connectivity index (χ0v) is 13.8. The summed E-state index contributed by atoms with van der Waals surface area (Å²) in [5.41, 5.74) is 1.49. The van der Waals surface area contributed by atoms with E-state index in [9.17, 15) is 13.2 Å². The summed E-state index contributed by atoms with van der Waals surface area (Å²) in [6.07, 6.45) is 4.97. The van der Waals surface area contributed by atoms with Crippen molar-refractivity contribution >= 4 is 25.7 Å². The average Bonchev–Trinajstić information content (AvgIpc) is 2.38. The molecule has 6 heteroatoms. The molecular weight excluding hydrogens is 312 g/mol. The molecule has 0 amide bonds. The number of aryl methyl sites for hydroxylation is 2. The van der Waals surface area contributed by atoms with Crippen molar-refractivity contribution in [3.63, 3.8) is 0 Å². The molecule has 0 aliphatic heterocycles. The van der Waals surface area contributed by atoms with Gasteiger partial charge in [0.05, 0.1) is 10.5 Å². The molecule has 0 radical (unpaired) electrons. The Morgan fingerprint density at radius 3 is 2.33 bits per heavy atom. The van der Waals surface area contributed by atoms with E-state index >= 15 is 0 Å². The number of carbonyl (C=O) groups excluding carboxylic acids is 1. The quantitative estimate of drug-likeness (QED) is 0.626. The van der Waals surface area contributed by atoms with Crippen molar-refractivity contribution in [2.75, 3.05) is 0 Å². The number of rotatable bonds is 3. The van der Waals surface area contributed by atoms with Crippen molar-refractivity contribution in [1.82, 2.24) is 0 Å². The summed E-state index contributed by atoms with van der Waals surface area (Å²) in [4.78, 5) is 12.2. The summed E-state index contributed by atoms with van der Waals surface area (Å²) in [6.45, 7) is 3.41. The van der Waals surface area contributed by atoms with Crippen molar-refractivity contribution in [2.24, 2.45) is 0 Å². The number of esters is 1. The average molecular weight is 331 g/mol. The third kappa shape index (κ3) is 3.98. The molecule has 0 aromatic heterocycles. The fourth-order valence-electron chi connectivity index (χ4n) is 2.71. The van der Waals surface area contributed by atoms with Gasteiger partial charge in [0.1, 0.15) is 6.10 Å². The Kier molecular flexibility index (Phi) is 4.94. The number of hydrogen-bond donors (Lipinski definition) is 0. The summed E-state index contributed by atoms with van der Waals surface area (Å²) in [5, 5.41) is 0. The van der Waals surface area contributed by atoms with E-state index < -0.39 is 15.0 Å². The van der Waals surface area contributed by atoms with Crippen molar-refractivity contribution in [2.45, 2.75) is 57.0 Å². The molecule has 0 heterocycles. The maximum atomic E-state index is 12.3. The van der Waals surface area contributed by atoms with Gasteiger partial charge in [0.2, 0.25) is 0 Å². The van der Waals surface area contributed by atoms with E-state index in [1.807, 2.05) is 0 Å². The van der Waals surface area contributed by atoms with Crippen LogP contribution >= 0.6 is 10.7 Å². The number of carbonyl (C=O) groups is 1. The normalized spacial score (nSPS) is 16.7. The van der Waals surface area contributed by atoms with Gasteiger partial charge in [-0.3, -0.25) is 0 Å². The number of hydrogen-bond acceptors (Lipinski definition) is 4. The maximum Gasteiger partial charge on any atom is 0.338 e. The van der Waals surface area contributed by atoms with Gasteiger partial charge < -0.3 is 4.74 Å². The molecule has 4 nitrogen and oxygen atoms in total. The fourth-order valence-corrected chi connectivity index (χ4v) is 3.91. The lowest BCUT2D eigenvalue weighted by molar-refractivity contribution is 0.0210. The molecule has 0 saturated heterocycles. The summed E-state index contributed by atoms with van der Waals surface area (Å²) in [6, 6.07) is 2.96. The lowest BCUT2D eigenvalue weighted by Gasteiger charge is -2.22. The van der Waals surface area contributed by atoms with Crippen LogP contribution in [0.1, 0.15) is 53.6 Å². The molecule has 0 bridgehead atoms. The van der Waals surface area contributed by atoms with Crippen LogP contribution in [0.2, 0.25) is 0 Å². The molecule has 1 saturated carbocycles. The van der Waals surface area contributed by atoms with E-state index in [-0.39, 0.29) is 16.6 Å². The summed E-state index contributed by atoms with van der Waals surface area (Å²) < 4.78 is 28.6. The lowest BCUT2D eigenvalue weighted by Crippen LogP contribution is -2.21. The molecule has 21 heavy (non-hydrogen) atoms. The first-order valence-electron chi connectivity index (χ1n) is 7.06. The van der Waals surface area contributed by atoms with Crippen LogP contribution in [0.4, 0.5) is 0 Å². The van der Waals surface area contributed by atoms with E-state index in [1.54, 1.807) is 19.9 Å². The maximum absolute atomic E-state index is 12.3. The Balaban J connectivity index is 2.28. The molecule has 1 aliphatic carbocycles. The van der Waals surface area contributed by atoms with E-state index in [4.69, 9.17) is 15.4 Å². The van der Waals surface area contributed by atoms with Crippen LogP contribution < -0.4 is 0 Å². The van der Waals surface area contributed by atoms with Gasteiger partial charge in [-0.05, 0) is 56.7 Å². The van der Waals surface area contributed by atoms with E-state index in [0.717, 1.165) is 25.7 Å². The summed E-state index contributed by atoms with van der Waals surface area (Å²) in [7, 11) is 1.53. The molecule has 1 aromatic rings. The van der Waals surface area contributed by atoms with Crippen molar-refractivity contribution in [3.05, 3.63) is 28.8 Å². The second-order valence-corrected chi connectivity index (χ2v) is 8.07. The standard InChI is InChI=1S/C15H19ClO4S/c1-10-8-11(2)14(21(16,18)19)9-13(10)15(17)20-12-6-4-3-5-7-12/h8-9,12H,3-7H2,1-2H3. The smallest absolute Gasteiger partial charge is 0.338 e. The van der Waals surface area contributed by atoms with Gasteiger partial charge in [-0.25, -0.2) is 13.2 Å². The van der Waals surface area contributed by atoms with Crippen LogP contribution in [0.15, 0.2) is 17.0 Å². The van der Waals surface area contributed by atoms with Crippen LogP contribution in [-0.2, 0) is 13.8 Å². The van der Waals surface area contributed by atoms with Crippen LogP contribution in [0, 0.1) is 13.8 Å². The predicted molar refractivity (Wildman–Crippen MR) is 81.2 cm³/mol. The Labute approximate surface area is 129 Å². The SMILES string of the molecule is Cc1cc(C)c(S(=O)(=O)Cl)cc1C(=O)OC1CCCCC1. The van der Waals surface area contributed by atoms with Gasteiger partial charge in [0.15, 0.2) is 0 Å². The van der Waals surface area contributed by atoms with Gasteiger partial charge in [0, 0.05) is 10.7 Å². The van der Waals surface area contributed by atoms with E-state index in [2.05, 4.69) is 0 Å². The monoisotopic (exact) mass is 330 g/mol. The minimum absolute atomic E-state index is 0.0367. The third-order valence-corrected chi connectivity index (χ3v) is 5.29. The Hall–Kier alpha value is -1.07. The van der Waals surface area contributed by atoms with Gasteiger partial charge in [-0.15, -0.1) is 0 Å². The molecular formula is C15H19ClO4S. The highest BCUT2D eigenvalue weighted by atomic mass is 35.7. The molecule has 2 rings (SSSR count). The van der Waals surface area contributed by atoms with Crippen molar-refractivity contribution in [1.29, 1.82) is 0 Å². The molecule has 1 aliphatic rings. The topological polar surface area (TPSA) is 60.4 Å². The predicted octanol–water partition coefficient (Wildman–Crippen LogP) is 3.72. The third-order valence-electron chi connectivity index (χ3n) is 3.83. The van der Waals surface area contributed by atoms with Crippen LogP contribution in [0.25, 0.3) is 0 Å². The first-order chi connectivity index (χ1) is 9.79. The summed E-state index contributed by atoms with van der Waals surface area (Å²) >= 11 is 0. The van der Waals surface area contributed by atoms with Crippen molar-refractivity contribution in [3.8, 4) is 0 Å². The van der Waals surface area contributed by atoms with Crippen molar-refractivity contribution < 1.29 is 17.9 Å². The zero-order valence-electron chi connectivity index (χ0n) is 12.2. The van der Waals surface area contributed by atoms with E-state index in [1.165, 1.54) is 12.5 Å². The molecule has 0 atom stereocenters. The second-order valence-electron chi connectivity index (χ2n) is 5.54. The highest BCUT2D eigenvalue weighted by Gasteiger charge is 2.23. The second kappa shape index (κ2) is 6.36. The minimum atomic E-state index is -3.87. The van der Waals surface area contributed by atoms with Crippen LogP contribution in [0.3, 0.4) is 0 Å². The number of benzene rings is 1. The van der Waals surface area contributed by atoms with Crippen LogP contribution in [0.5, 0.6) is 0 Å². The Bertz CT molecular complexity index is 646. The van der Waals surface area contributed by atoms with Crippen LogP contribution in [-0.4, -0.2) is 20.5 Å². The number of ether oxygens (including phenoxy) is 1. The molecule has 1 fully saturated rings. The van der Waals surface area contributed by atoms with Gasteiger partial charge in [-0.1, -0.05) is 12.5 Å². The van der Waals surface area contributed by atoms with E-state index in [0.29, 0.717) is 11.1 Å². The fraction of sp³-hybridized carbons (Fsp3) is 0.533. The molecule has 1 aromatic carbocycles. The molecule has 116 valence electrons. The summed E-state index contributed by atoms with van der Waals surface area (Å²) in [5.74, 6) is -0.471. The first kappa shape index (κ1) is 16.3. The molecule has 0 spiro atoms. The Morgan fingerprint density at radius 1 is 1.14 bits per heavy atom. The minimum Gasteiger partial charge on any atom is -0.459 e.